The Balaban J connectivity index is 1.66. The average molecular weight is 564 g/mol. The van der Waals surface area contributed by atoms with Crippen molar-refractivity contribution in [3.05, 3.63) is 61.2 Å². The summed E-state index contributed by atoms with van der Waals surface area (Å²) in [6.07, 6.45) is 8.95. The third-order valence-corrected chi connectivity index (χ3v) is 10.3. The van der Waals surface area contributed by atoms with Crippen molar-refractivity contribution in [2.24, 2.45) is 17.8 Å². The minimum absolute atomic E-state index is 0.0497. The lowest BCUT2D eigenvalue weighted by molar-refractivity contribution is -0.159. The molecule has 8 heteroatoms. The maximum absolute atomic E-state index is 14.9. The molecule has 1 N–H and O–H groups in total. The number of carbonyl (C=O) groups excluding carboxylic acids is 3. The van der Waals surface area contributed by atoms with Crippen LogP contribution >= 0.6 is 0 Å². The van der Waals surface area contributed by atoms with Gasteiger partial charge in [-0.3, -0.25) is 14.4 Å². The molecule has 7 atom stereocenters. The standard InChI is InChI=1S/C33H45N3O5/c1-6-18-34(5)29(38)26-27-30(39)36(25(21-37)23-14-10-8-11-15-23)28(33(27)20-22(3)32(26,4)41-33)31(40)35(19-7-2)24-16-12-9-13-17-24/h6-8,10-11,14-15,22,24-28,37H,1-2,9,12-13,16-21H2,3-5H3/t22?,25-,26+,27+,28?,32-,33?/m1/s1. The first kappa shape index (κ1) is 29.5. The van der Waals surface area contributed by atoms with Crippen LogP contribution in [0.1, 0.15) is 64.0 Å². The van der Waals surface area contributed by atoms with Crippen molar-refractivity contribution in [3.8, 4) is 0 Å². The number of hydrogen-bond donors (Lipinski definition) is 1. The van der Waals surface area contributed by atoms with Gasteiger partial charge in [0, 0.05) is 26.2 Å². The highest BCUT2D eigenvalue weighted by atomic mass is 16.5. The Hall–Kier alpha value is -2.97. The van der Waals surface area contributed by atoms with E-state index >= 15 is 0 Å². The summed E-state index contributed by atoms with van der Waals surface area (Å²) in [4.78, 5) is 48.7. The summed E-state index contributed by atoms with van der Waals surface area (Å²) in [6, 6.07) is 7.68. The molecule has 1 spiro atoms. The van der Waals surface area contributed by atoms with Gasteiger partial charge in [-0.2, -0.15) is 0 Å². The minimum atomic E-state index is -1.17. The SMILES string of the molecule is C=CCN(C)C(=O)[C@@H]1[C@H]2C(=O)N([C@H](CO)c3ccccc3)C(C(=O)N(CC=C)C3CCCCC3)C23CC(C)[C@@]1(C)O3. The number of amides is 3. The van der Waals surface area contributed by atoms with Gasteiger partial charge in [-0.1, -0.05) is 68.7 Å². The van der Waals surface area contributed by atoms with Crippen molar-refractivity contribution in [2.45, 2.75) is 81.7 Å². The van der Waals surface area contributed by atoms with Crippen molar-refractivity contribution >= 4 is 17.7 Å². The molecule has 0 radical (unpaired) electrons. The molecule has 3 amide bonds. The molecule has 1 aliphatic carbocycles. The Morgan fingerprint density at radius 3 is 2.39 bits per heavy atom. The third-order valence-electron chi connectivity index (χ3n) is 10.3. The van der Waals surface area contributed by atoms with Crippen LogP contribution in [0.15, 0.2) is 55.6 Å². The number of likely N-dealkylation sites (N-methyl/N-ethyl adjacent to an activating group) is 1. The second kappa shape index (κ2) is 11.4. The molecule has 2 bridgehead atoms. The Kier molecular flexibility index (Phi) is 8.18. The van der Waals surface area contributed by atoms with Crippen LogP contribution in [-0.4, -0.2) is 87.6 Å². The molecule has 222 valence electrons. The van der Waals surface area contributed by atoms with Gasteiger partial charge < -0.3 is 24.5 Å². The molecule has 4 fully saturated rings. The Morgan fingerprint density at radius 2 is 1.78 bits per heavy atom. The lowest BCUT2D eigenvalue weighted by atomic mass is 9.62. The van der Waals surface area contributed by atoms with E-state index in [-0.39, 0.29) is 36.3 Å². The van der Waals surface area contributed by atoms with Gasteiger partial charge in [-0.05, 0) is 37.7 Å². The predicted octanol–water partition coefficient (Wildman–Crippen LogP) is 3.72. The van der Waals surface area contributed by atoms with E-state index in [9.17, 15) is 19.5 Å². The molecule has 3 unspecified atom stereocenters. The fourth-order valence-corrected chi connectivity index (χ4v) is 8.33. The molecule has 3 saturated heterocycles. The maximum Gasteiger partial charge on any atom is 0.248 e. The highest BCUT2D eigenvalue weighted by molar-refractivity contribution is 5.99. The van der Waals surface area contributed by atoms with E-state index in [2.05, 4.69) is 20.1 Å². The van der Waals surface area contributed by atoms with Crippen molar-refractivity contribution in [1.82, 2.24) is 14.7 Å². The van der Waals surface area contributed by atoms with Crippen molar-refractivity contribution < 1.29 is 24.2 Å². The molecule has 1 saturated carbocycles. The summed E-state index contributed by atoms with van der Waals surface area (Å²) in [5, 5.41) is 10.8. The average Bonchev–Trinajstić information content (AvgIpc) is 3.49. The van der Waals surface area contributed by atoms with E-state index < -0.39 is 35.1 Å². The van der Waals surface area contributed by atoms with Crippen LogP contribution in [0.3, 0.4) is 0 Å². The summed E-state index contributed by atoms with van der Waals surface area (Å²) in [5.74, 6) is -2.28. The number of fused-ring (bicyclic) bond motifs is 1. The molecule has 8 nitrogen and oxygen atoms in total. The number of benzene rings is 1. The van der Waals surface area contributed by atoms with Gasteiger partial charge in [0.05, 0.1) is 30.1 Å². The zero-order valence-corrected chi connectivity index (χ0v) is 24.7. The third kappa shape index (κ3) is 4.54. The number of carbonyl (C=O) groups is 3. The van der Waals surface area contributed by atoms with Gasteiger partial charge in [-0.15, -0.1) is 13.2 Å². The van der Waals surface area contributed by atoms with E-state index in [4.69, 9.17) is 4.74 Å². The lowest BCUT2D eigenvalue weighted by Gasteiger charge is -2.42. The minimum Gasteiger partial charge on any atom is -0.394 e. The van der Waals surface area contributed by atoms with Crippen LogP contribution in [0.5, 0.6) is 0 Å². The molecule has 1 aromatic carbocycles. The van der Waals surface area contributed by atoms with Gasteiger partial charge in [0.2, 0.25) is 17.7 Å². The highest BCUT2D eigenvalue weighted by Gasteiger charge is 2.80. The Morgan fingerprint density at radius 1 is 1.12 bits per heavy atom. The molecule has 4 aliphatic rings. The van der Waals surface area contributed by atoms with Gasteiger partial charge in [0.15, 0.2) is 0 Å². The second-order valence-electron chi connectivity index (χ2n) is 12.6. The van der Waals surface area contributed by atoms with Crippen molar-refractivity contribution in [2.75, 3.05) is 26.7 Å². The molecule has 3 heterocycles. The van der Waals surface area contributed by atoms with Crippen molar-refractivity contribution in [3.63, 3.8) is 0 Å². The van der Waals surface area contributed by atoms with E-state index in [1.54, 1.807) is 29.0 Å². The number of aliphatic hydroxyl groups excluding tert-OH is 1. The summed E-state index contributed by atoms with van der Waals surface area (Å²) >= 11 is 0. The lowest BCUT2D eigenvalue weighted by Crippen LogP contribution is -2.59. The molecule has 5 rings (SSSR count). The van der Waals surface area contributed by atoms with E-state index in [1.165, 1.54) is 0 Å². The molecule has 1 aromatic rings. The number of nitrogens with zero attached hydrogens (tertiary/aromatic N) is 3. The van der Waals surface area contributed by atoms with E-state index in [0.29, 0.717) is 19.5 Å². The summed E-state index contributed by atoms with van der Waals surface area (Å²) in [5.41, 5.74) is -1.33. The summed E-state index contributed by atoms with van der Waals surface area (Å²) in [7, 11) is 1.71. The number of rotatable bonds is 10. The number of aliphatic hydroxyl groups is 1. The normalized spacial score (nSPS) is 33.4. The van der Waals surface area contributed by atoms with Gasteiger partial charge in [-0.25, -0.2) is 0 Å². The zero-order valence-electron chi connectivity index (χ0n) is 24.7. The van der Waals surface area contributed by atoms with Crippen LogP contribution < -0.4 is 0 Å². The van der Waals surface area contributed by atoms with Crippen molar-refractivity contribution in [1.29, 1.82) is 0 Å². The fraction of sp³-hybridized carbons (Fsp3) is 0.606. The van der Waals surface area contributed by atoms with Gasteiger partial charge in [0.25, 0.3) is 0 Å². The van der Waals surface area contributed by atoms with Crippen LogP contribution in [0.2, 0.25) is 0 Å². The Bertz CT molecular complexity index is 1180. The van der Waals surface area contributed by atoms with Crippen LogP contribution in [0, 0.1) is 17.8 Å². The second-order valence-corrected chi connectivity index (χ2v) is 12.6. The fourth-order valence-electron chi connectivity index (χ4n) is 8.33. The van der Waals surface area contributed by atoms with Gasteiger partial charge in [0.1, 0.15) is 11.6 Å². The predicted molar refractivity (Wildman–Crippen MR) is 157 cm³/mol. The van der Waals surface area contributed by atoms with E-state index in [0.717, 1.165) is 37.7 Å². The first-order valence-electron chi connectivity index (χ1n) is 15.1. The van der Waals surface area contributed by atoms with E-state index in [1.807, 2.05) is 42.2 Å². The largest absolute Gasteiger partial charge is 0.394 e. The number of ether oxygens (including phenoxy) is 1. The monoisotopic (exact) mass is 563 g/mol. The molecule has 41 heavy (non-hydrogen) atoms. The molecular weight excluding hydrogens is 518 g/mol. The maximum atomic E-state index is 14.9. The topological polar surface area (TPSA) is 90.4 Å². The molecule has 0 aromatic heterocycles. The Labute approximate surface area is 244 Å². The zero-order chi connectivity index (χ0) is 29.5. The highest BCUT2D eigenvalue weighted by Crippen LogP contribution is 2.66. The number of hydrogen-bond acceptors (Lipinski definition) is 5. The molecular formula is C33H45N3O5. The van der Waals surface area contributed by atoms with Crippen LogP contribution in [-0.2, 0) is 19.1 Å². The number of likely N-dealkylation sites (tertiary alicyclic amines) is 1. The molecule has 3 aliphatic heterocycles. The first-order chi connectivity index (χ1) is 19.7. The van der Waals surface area contributed by atoms with Crippen LogP contribution in [0.25, 0.3) is 0 Å². The summed E-state index contributed by atoms with van der Waals surface area (Å²) in [6.45, 7) is 12.1. The van der Waals surface area contributed by atoms with Crippen LogP contribution in [0.4, 0.5) is 0 Å². The summed E-state index contributed by atoms with van der Waals surface area (Å²) < 4.78 is 6.94. The smallest absolute Gasteiger partial charge is 0.248 e. The quantitative estimate of drug-likeness (QED) is 0.439. The van der Waals surface area contributed by atoms with Gasteiger partial charge >= 0.3 is 0 Å². The first-order valence-corrected chi connectivity index (χ1v) is 15.1.